The third-order valence-corrected chi connectivity index (χ3v) is 3.48. The van der Waals surface area contributed by atoms with Gasteiger partial charge in [0.2, 0.25) is 0 Å². The molecule has 2 aromatic rings. The second-order valence-electron chi connectivity index (χ2n) is 4.56. The molecule has 0 amide bonds. The fraction of sp³-hybridized carbons (Fsp3) is 0.250. The van der Waals surface area contributed by atoms with E-state index in [-0.39, 0.29) is 7.92 Å². The van der Waals surface area contributed by atoms with E-state index < -0.39 is 14.7 Å². The van der Waals surface area contributed by atoms with E-state index in [1.807, 2.05) is 30.3 Å². The molecular formula is C16H21Cl3PTi-2. The van der Waals surface area contributed by atoms with E-state index in [9.17, 15) is 0 Å². The molecule has 0 unspecified atom stereocenters. The first-order valence-electron chi connectivity index (χ1n) is 6.46. The van der Waals surface area contributed by atoms with Crippen LogP contribution in [0.2, 0.25) is 0 Å². The van der Waals surface area contributed by atoms with E-state index in [0.29, 0.717) is 0 Å². The summed E-state index contributed by atoms with van der Waals surface area (Å²) in [5, 5.41) is 0. The first kappa shape index (κ1) is 21.5. The predicted molar refractivity (Wildman–Crippen MR) is 97.7 cm³/mol. The van der Waals surface area contributed by atoms with Crippen molar-refractivity contribution in [1.29, 1.82) is 0 Å². The van der Waals surface area contributed by atoms with Crippen molar-refractivity contribution in [3.05, 3.63) is 72.1 Å². The van der Waals surface area contributed by atoms with Gasteiger partial charge in [0.05, 0.1) is 0 Å². The van der Waals surface area contributed by atoms with Gasteiger partial charge in [0.25, 0.3) is 0 Å². The third kappa shape index (κ3) is 15.1. The topological polar surface area (TPSA) is 0 Å². The fourth-order valence-corrected chi connectivity index (χ4v) is 2.74. The SMILES string of the molecule is C[C-](CP(C)C)c1ccccc1.[Cl][Ti]([Cl])[Cl].c1cc[cH-]c1. The molecule has 0 aliphatic carbocycles. The monoisotopic (exact) mass is 397 g/mol. The normalized spacial score (nSPS) is 9.10. The standard InChI is InChI=1S/C11H16P.C5H5.3ClH.Ti/c1-10(9-12(2)3)11-7-5-4-6-8-11;1-2-4-5-3-1;;;;/h4-8H,9H2,1-3H3;1-5H;3*1H;/q2*-1;;;;+3/p-3. The van der Waals surface area contributed by atoms with Crippen molar-refractivity contribution in [2.75, 3.05) is 19.5 Å². The van der Waals surface area contributed by atoms with E-state index in [2.05, 4.69) is 50.6 Å². The molecule has 0 aliphatic heterocycles. The van der Waals surface area contributed by atoms with Crippen molar-refractivity contribution in [1.82, 2.24) is 0 Å². The summed E-state index contributed by atoms with van der Waals surface area (Å²) in [6.45, 7) is 6.88. The Morgan fingerprint density at radius 1 is 1.00 bits per heavy atom. The second kappa shape index (κ2) is 14.1. The number of hydrogen-bond acceptors (Lipinski definition) is 0. The quantitative estimate of drug-likeness (QED) is 0.302. The summed E-state index contributed by atoms with van der Waals surface area (Å²) in [7, 11) is 15.1. The summed E-state index contributed by atoms with van der Waals surface area (Å²) >= 11 is -1.92. The molecule has 0 spiro atoms. The third-order valence-electron chi connectivity index (χ3n) is 2.38. The largest absolute Gasteiger partial charge is 0.214 e. The minimum Gasteiger partial charge on any atom is -0.214 e. The second-order valence-corrected chi connectivity index (χ2v) is 14.8. The molecule has 117 valence electrons. The maximum absolute atomic E-state index is 4.97. The van der Waals surface area contributed by atoms with Gasteiger partial charge in [-0.15, -0.1) is 20.1 Å². The van der Waals surface area contributed by atoms with Gasteiger partial charge < -0.3 is 0 Å². The van der Waals surface area contributed by atoms with Crippen LogP contribution < -0.4 is 0 Å². The van der Waals surface area contributed by atoms with E-state index in [4.69, 9.17) is 27.9 Å². The molecule has 0 bridgehead atoms. The van der Waals surface area contributed by atoms with Crippen molar-refractivity contribution in [3.8, 4) is 0 Å². The molecule has 0 fully saturated rings. The summed E-state index contributed by atoms with van der Waals surface area (Å²) in [6, 6.07) is 20.7. The minimum absolute atomic E-state index is 0.199. The van der Waals surface area contributed by atoms with Gasteiger partial charge in [-0.05, 0) is 13.3 Å². The van der Waals surface area contributed by atoms with Crippen molar-refractivity contribution in [2.45, 2.75) is 6.92 Å². The Kier molecular flexibility index (Phi) is 14.4. The Morgan fingerprint density at radius 2 is 1.48 bits per heavy atom. The minimum atomic E-state index is -1.92. The molecule has 2 aromatic carbocycles. The zero-order chi connectivity index (χ0) is 16.1. The van der Waals surface area contributed by atoms with Crippen molar-refractivity contribution in [2.24, 2.45) is 0 Å². The van der Waals surface area contributed by atoms with Gasteiger partial charge in [0.15, 0.2) is 0 Å². The van der Waals surface area contributed by atoms with E-state index in [1.54, 1.807) is 0 Å². The van der Waals surface area contributed by atoms with Crippen LogP contribution in [-0.2, 0) is 14.7 Å². The summed E-state index contributed by atoms with van der Waals surface area (Å²) in [4.78, 5) is 0. The molecular weight excluding hydrogens is 377 g/mol. The molecule has 2 rings (SSSR count). The van der Waals surface area contributed by atoms with Gasteiger partial charge in [-0.1, -0.05) is 19.2 Å². The summed E-state index contributed by atoms with van der Waals surface area (Å²) in [5.74, 6) is 1.52. The molecule has 0 N–H and O–H groups in total. The van der Waals surface area contributed by atoms with Gasteiger partial charge >= 0.3 is 42.6 Å². The van der Waals surface area contributed by atoms with Crippen LogP contribution in [0.3, 0.4) is 0 Å². The van der Waals surface area contributed by atoms with Gasteiger partial charge in [-0.2, -0.15) is 41.8 Å². The summed E-state index contributed by atoms with van der Waals surface area (Å²) < 4.78 is 0. The van der Waals surface area contributed by atoms with Crippen LogP contribution in [0.5, 0.6) is 0 Å². The van der Waals surface area contributed by atoms with Crippen LogP contribution >= 0.6 is 35.8 Å². The van der Waals surface area contributed by atoms with E-state index in [0.717, 1.165) is 0 Å². The van der Waals surface area contributed by atoms with Crippen LogP contribution in [0.1, 0.15) is 12.5 Å². The Labute approximate surface area is 148 Å². The van der Waals surface area contributed by atoms with Crippen molar-refractivity contribution < 1.29 is 14.7 Å². The average Bonchev–Trinajstić information content (AvgIpc) is 2.97. The Bertz CT molecular complexity index is 398. The molecule has 0 aliphatic rings. The number of benzene rings is 1. The molecule has 5 heteroatoms. The molecule has 0 heterocycles. The molecule has 0 saturated heterocycles. The number of halogens is 3. The van der Waals surface area contributed by atoms with Crippen LogP contribution in [0.4, 0.5) is 0 Å². The van der Waals surface area contributed by atoms with Crippen molar-refractivity contribution in [3.63, 3.8) is 0 Å². The van der Waals surface area contributed by atoms with E-state index in [1.165, 1.54) is 17.6 Å². The maximum Gasteiger partial charge on any atom is -0.172 e. The number of hydrogen-bond donors (Lipinski definition) is 0. The zero-order valence-electron chi connectivity index (χ0n) is 12.6. The van der Waals surface area contributed by atoms with Crippen LogP contribution in [0.15, 0.2) is 60.7 Å². The van der Waals surface area contributed by atoms with Crippen molar-refractivity contribution >= 4 is 35.8 Å². The first-order chi connectivity index (χ1) is 9.93. The first-order valence-corrected chi connectivity index (χ1v) is 15.3. The summed E-state index contributed by atoms with van der Waals surface area (Å²) in [5.41, 5.74) is 1.40. The van der Waals surface area contributed by atoms with Crippen LogP contribution in [0, 0.1) is 5.92 Å². The van der Waals surface area contributed by atoms with Gasteiger partial charge in [0.1, 0.15) is 0 Å². The zero-order valence-corrected chi connectivity index (χ0v) is 17.3. The Hall–Kier alpha value is 0.454. The molecule has 0 atom stereocenters. The van der Waals surface area contributed by atoms with E-state index >= 15 is 0 Å². The molecule has 0 saturated carbocycles. The van der Waals surface area contributed by atoms with Gasteiger partial charge in [0, 0.05) is 0 Å². The molecule has 0 radical (unpaired) electrons. The smallest absolute Gasteiger partial charge is 0.172 e. The average molecular weight is 399 g/mol. The van der Waals surface area contributed by atoms with Crippen LogP contribution in [0.25, 0.3) is 0 Å². The molecule has 0 nitrogen and oxygen atoms in total. The fourth-order valence-electron chi connectivity index (χ4n) is 1.61. The molecule has 0 aromatic heterocycles. The predicted octanol–water partition coefficient (Wildman–Crippen LogP) is 6.84. The Balaban J connectivity index is 0.000000364. The van der Waals surface area contributed by atoms with Crippen LogP contribution in [-0.4, -0.2) is 19.5 Å². The summed E-state index contributed by atoms with van der Waals surface area (Å²) in [6.07, 6.45) is 1.26. The maximum atomic E-state index is 4.97. The van der Waals surface area contributed by atoms with Gasteiger partial charge in [-0.3, -0.25) is 0 Å². The number of rotatable bonds is 3. The van der Waals surface area contributed by atoms with Gasteiger partial charge in [-0.25, -0.2) is 12.1 Å². The Morgan fingerprint density at radius 3 is 1.81 bits per heavy atom. The molecule has 21 heavy (non-hydrogen) atoms.